The van der Waals surface area contributed by atoms with Crippen LogP contribution in [0.1, 0.15) is 16.8 Å². The van der Waals surface area contributed by atoms with E-state index < -0.39 is 40.6 Å². The molecule has 0 saturated carbocycles. The largest absolute Gasteiger partial charge is 0.503 e. The van der Waals surface area contributed by atoms with E-state index in [1.54, 1.807) is 0 Å². The van der Waals surface area contributed by atoms with Crippen LogP contribution in [0.3, 0.4) is 0 Å². The molecule has 1 rings (SSSR count). The molecule has 0 saturated heterocycles. The van der Waals surface area contributed by atoms with Crippen LogP contribution in [-0.4, -0.2) is 42.6 Å². The van der Waals surface area contributed by atoms with Crippen LogP contribution in [0.2, 0.25) is 0 Å². The van der Waals surface area contributed by atoms with Crippen molar-refractivity contribution < 1.29 is 32.6 Å². The first kappa shape index (κ1) is 15.8. The number of phenolic OH excluding ortho intramolecular Hbond substituents is 1. The van der Waals surface area contributed by atoms with Crippen molar-refractivity contribution in [1.82, 2.24) is 4.90 Å². The number of halogens is 3. The molecule has 20 heavy (non-hydrogen) atoms. The predicted molar refractivity (Wildman–Crippen MR) is 61.6 cm³/mol. The Labute approximate surface area is 112 Å². The van der Waals surface area contributed by atoms with Gasteiger partial charge in [0.15, 0.2) is 17.4 Å². The molecule has 1 amide bonds. The molecule has 5 nitrogen and oxygen atoms in total. The highest BCUT2D eigenvalue weighted by molar-refractivity contribution is 5.95. The van der Waals surface area contributed by atoms with E-state index in [1.807, 2.05) is 0 Å². The maximum absolute atomic E-state index is 13.5. The molecule has 1 N–H and O–H groups in total. The van der Waals surface area contributed by atoms with Gasteiger partial charge in [0.25, 0.3) is 5.91 Å². The van der Waals surface area contributed by atoms with Gasteiger partial charge in [-0.15, -0.1) is 0 Å². The molecule has 0 spiro atoms. The van der Waals surface area contributed by atoms with Crippen LogP contribution in [0.4, 0.5) is 13.2 Å². The zero-order valence-electron chi connectivity index (χ0n) is 10.7. The molecule has 0 radical (unpaired) electrons. The summed E-state index contributed by atoms with van der Waals surface area (Å²) in [5, 5.41) is 9.02. The lowest BCUT2D eigenvalue weighted by Gasteiger charge is -2.17. The Balaban J connectivity index is 2.95. The average Bonchev–Trinajstić information content (AvgIpc) is 2.44. The highest BCUT2D eigenvalue weighted by atomic mass is 19.2. The molecular formula is C12H12F3NO4. The number of nitrogens with zero attached hydrogens (tertiary/aromatic N) is 1. The molecule has 0 aliphatic carbocycles. The number of esters is 1. The smallest absolute Gasteiger partial charge is 0.307 e. The van der Waals surface area contributed by atoms with Crippen molar-refractivity contribution in [3.8, 4) is 5.75 Å². The Morgan fingerprint density at radius 3 is 2.45 bits per heavy atom. The van der Waals surface area contributed by atoms with Crippen LogP contribution >= 0.6 is 0 Å². The monoisotopic (exact) mass is 291 g/mol. The number of amides is 1. The Morgan fingerprint density at radius 1 is 1.30 bits per heavy atom. The number of benzene rings is 1. The molecule has 0 aromatic heterocycles. The van der Waals surface area contributed by atoms with Crippen molar-refractivity contribution in [3.63, 3.8) is 0 Å². The molecule has 0 bridgehead atoms. The number of carbonyl (C=O) groups is 2. The summed E-state index contributed by atoms with van der Waals surface area (Å²) in [5.74, 6) is -8.02. The maximum atomic E-state index is 13.5. The third kappa shape index (κ3) is 3.19. The second-order valence-corrected chi connectivity index (χ2v) is 3.94. The van der Waals surface area contributed by atoms with Crippen molar-refractivity contribution in [2.75, 3.05) is 20.7 Å². The number of carbonyl (C=O) groups excluding carboxylic acids is 2. The van der Waals surface area contributed by atoms with Crippen LogP contribution in [0.25, 0.3) is 0 Å². The summed E-state index contributed by atoms with van der Waals surface area (Å²) in [6.45, 7) is -0.106. The first-order valence-electron chi connectivity index (χ1n) is 5.48. The number of phenols is 1. The summed E-state index contributed by atoms with van der Waals surface area (Å²) in [7, 11) is 2.40. The van der Waals surface area contributed by atoms with Crippen molar-refractivity contribution in [3.05, 3.63) is 29.1 Å². The Bertz CT molecular complexity index is 548. The summed E-state index contributed by atoms with van der Waals surface area (Å²) in [6, 6.07) is 0.349. The average molecular weight is 291 g/mol. The third-order valence-corrected chi connectivity index (χ3v) is 2.59. The summed E-state index contributed by atoms with van der Waals surface area (Å²) >= 11 is 0. The standard InChI is InChI=1S/C12H12F3NO4/c1-16(4-3-8(17)20-2)12(19)6-5-7(13)10(15)11(18)9(6)14/h5,18H,3-4H2,1-2H3. The molecule has 1 aromatic rings. The summed E-state index contributed by atoms with van der Waals surface area (Å²) < 4.78 is 43.8. The molecule has 0 atom stereocenters. The molecule has 0 fully saturated rings. The lowest BCUT2D eigenvalue weighted by molar-refractivity contribution is -0.140. The van der Waals surface area contributed by atoms with Crippen molar-refractivity contribution in [1.29, 1.82) is 0 Å². The maximum Gasteiger partial charge on any atom is 0.307 e. The normalized spacial score (nSPS) is 10.2. The van der Waals surface area contributed by atoms with Gasteiger partial charge in [-0.05, 0) is 6.07 Å². The summed E-state index contributed by atoms with van der Waals surface area (Å²) in [6.07, 6.45) is -0.143. The summed E-state index contributed by atoms with van der Waals surface area (Å²) in [4.78, 5) is 23.6. The fraction of sp³-hybridized carbons (Fsp3) is 0.333. The summed E-state index contributed by atoms with van der Waals surface area (Å²) in [5.41, 5.74) is -0.825. The topological polar surface area (TPSA) is 66.8 Å². The van der Waals surface area contributed by atoms with Gasteiger partial charge in [0, 0.05) is 13.6 Å². The minimum atomic E-state index is -1.77. The van der Waals surface area contributed by atoms with Gasteiger partial charge in [0.2, 0.25) is 5.82 Å². The molecular weight excluding hydrogens is 279 g/mol. The van der Waals surface area contributed by atoms with Gasteiger partial charge in [0.05, 0.1) is 19.1 Å². The zero-order chi connectivity index (χ0) is 15.4. The first-order valence-corrected chi connectivity index (χ1v) is 5.48. The van der Waals surface area contributed by atoms with Gasteiger partial charge in [-0.3, -0.25) is 9.59 Å². The van der Waals surface area contributed by atoms with Crippen molar-refractivity contribution in [2.24, 2.45) is 0 Å². The van der Waals surface area contributed by atoms with E-state index in [-0.39, 0.29) is 13.0 Å². The number of rotatable bonds is 4. The number of hydrogen-bond acceptors (Lipinski definition) is 4. The SMILES string of the molecule is COC(=O)CCN(C)C(=O)c1cc(F)c(F)c(O)c1F. The number of ether oxygens (including phenoxy) is 1. The molecule has 110 valence electrons. The van der Waals surface area contributed by atoms with Crippen LogP contribution in [0.5, 0.6) is 5.75 Å². The number of aromatic hydroxyl groups is 1. The van der Waals surface area contributed by atoms with E-state index in [1.165, 1.54) is 7.05 Å². The fourth-order valence-electron chi connectivity index (χ4n) is 1.41. The van der Waals surface area contributed by atoms with E-state index in [4.69, 9.17) is 5.11 Å². The van der Waals surface area contributed by atoms with Gasteiger partial charge < -0.3 is 14.7 Å². The predicted octanol–water partition coefficient (Wildman–Crippen LogP) is 1.44. The van der Waals surface area contributed by atoms with E-state index in [0.717, 1.165) is 12.0 Å². The number of hydrogen-bond donors (Lipinski definition) is 1. The van der Waals surface area contributed by atoms with E-state index in [2.05, 4.69) is 4.74 Å². The molecule has 8 heteroatoms. The van der Waals surface area contributed by atoms with E-state index in [9.17, 15) is 22.8 Å². The Kier molecular flexibility index (Phi) is 4.95. The highest BCUT2D eigenvalue weighted by Gasteiger charge is 2.24. The fourth-order valence-corrected chi connectivity index (χ4v) is 1.41. The van der Waals surface area contributed by atoms with Gasteiger partial charge in [-0.2, -0.15) is 4.39 Å². The molecule has 0 heterocycles. The molecule has 0 aliphatic heterocycles. The van der Waals surface area contributed by atoms with Crippen LogP contribution in [0, 0.1) is 17.5 Å². The van der Waals surface area contributed by atoms with Crippen LogP contribution in [-0.2, 0) is 9.53 Å². The van der Waals surface area contributed by atoms with Gasteiger partial charge in [-0.1, -0.05) is 0 Å². The Hall–Kier alpha value is -2.25. The number of methoxy groups -OCH3 is 1. The zero-order valence-corrected chi connectivity index (χ0v) is 10.7. The van der Waals surface area contributed by atoms with Gasteiger partial charge in [-0.25, -0.2) is 8.78 Å². The van der Waals surface area contributed by atoms with Gasteiger partial charge in [0.1, 0.15) is 0 Å². The molecule has 1 aromatic carbocycles. The van der Waals surface area contributed by atoms with Crippen molar-refractivity contribution >= 4 is 11.9 Å². The highest BCUT2D eigenvalue weighted by Crippen LogP contribution is 2.26. The first-order chi connectivity index (χ1) is 9.29. The molecule has 0 unspecified atom stereocenters. The second kappa shape index (κ2) is 6.27. The molecule has 0 aliphatic rings. The lowest BCUT2D eigenvalue weighted by Crippen LogP contribution is -2.30. The Morgan fingerprint density at radius 2 is 1.90 bits per heavy atom. The minimum Gasteiger partial charge on any atom is -0.503 e. The van der Waals surface area contributed by atoms with Crippen molar-refractivity contribution in [2.45, 2.75) is 6.42 Å². The van der Waals surface area contributed by atoms with E-state index >= 15 is 0 Å². The van der Waals surface area contributed by atoms with E-state index in [0.29, 0.717) is 6.07 Å². The lowest BCUT2D eigenvalue weighted by atomic mass is 10.1. The van der Waals surface area contributed by atoms with Gasteiger partial charge >= 0.3 is 5.97 Å². The minimum absolute atomic E-state index is 0.106. The van der Waals surface area contributed by atoms with Crippen LogP contribution < -0.4 is 0 Å². The van der Waals surface area contributed by atoms with Crippen LogP contribution in [0.15, 0.2) is 6.07 Å². The second-order valence-electron chi connectivity index (χ2n) is 3.94. The quantitative estimate of drug-likeness (QED) is 0.673. The third-order valence-electron chi connectivity index (χ3n) is 2.59.